The van der Waals surface area contributed by atoms with E-state index in [9.17, 15) is 0 Å². The Hall–Kier alpha value is -12.5. The Bertz CT molecular complexity index is 6320. The first-order valence-electron chi connectivity index (χ1n) is 33.2. The number of pyridine rings is 2. The van der Waals surface area contributed by atoms with Crippen LogP contribution in [0.2, 0.25) is 0 Å². The molecule has 101 heavy (non-hydrogen) atoms. The maximum absolute atomic E-state index is 5.22. The molecule has 0 saturated carbocycles. The standard InChI is InChI=1S/C44H27N5S.C29H18N2S.C15H10BrN3/c1-4-13-28(14-5-1)32-19-12-20-34-39-38(50-41(32)34)25-23-33-35-27-31(36-21-10-11-26-45-36)22-24-37(35)49(40(33)39)44-47-42(29-15-6-2-7-16-29)46-43(48-44)30-17-8-3-9-18-30;1-2-7-18(8-3-1)20-9-6-10-22-27-26(32-29(20)22)15-13-21-23-17-19(24-11-4-5-16-30-24)12-14-25(23)31-28(21)27;16-15-18-13(11-7-3-1-4-8-11)17-14(19-15)12-9-5-2-6-10-12/h1-27H;1-17,31H;1-10H. The summed E-state index contributed by atoms with van der Waals surface area (Å²) in [6.07, 6.45) is 3.69. The number of hydrogen-bond acceptors (Lipinski definition) is 10. The molecule has 20 rings (SSSR count). The number of benzene rings is 12. The molecule has 10 nitrogen and oxygen atoms in total. The predicted octanol–water partition coefficient (Wildman–Crippen LogP) is 23.8. The first-order chi connectivity index (χ1) is 50.0. The summed E-state index contributed by atoms with van der Waals surface area (Å²) in [5, 5.41) is 9.79. The van der Waals surface area contributed by atoms with Gasteiger partial charge in [-0.25, -0.2) is 19.9 Å². The number of fused-ring (bicyclic) bond motifs is 14. The van der Waals surface area contributed by atoms with E-state index in [1.54, 1.807) is 0 Å². The van der Waals surface area contributed by atoms with Crippen molar-refractivity contribution >= 4 is 123 Å². The van der Waals surface area contributed by atoms with E-state index in [0.29, 0.717) is 34.0 Å². The van der Waals surface area contributed by atoms with E-state index in [1.807, 2.05) is 156 Å². The number of nitrogens with zero attached hydrogens (tertiary/aromatic N) is 9. The molecule has 0 aliphatic rings. The fourth-order valence-corrected chi connectivity index (χ4v) is 16.4. The van der Waals surface area contributed by atoms with Gasteiger partial charge in [-0.15, -0.1) is 22.7 Å². The molecule has 0 radical (unpaired) electrons. The number of aromatic amines is 1. The molecule has 12 aromatic carbocycles. The third kappa shape index (κ3) is 11.5. The third-order valence-electron chi connectivity index (χ3n) is 18.3. The Kier molecular flexibility index (Phi) is 15.9. The fourth-order valence-electron chi connectivity index (χ4n) is 13.6. The van der Waals surface area contributed by atoms with Crippen LogP contribution in [0.3, 0.4) is 0 Å². The Labute approximate surface area is 596 Å². The summed E-state index contributed by atoms with van der Waals surface area (Å²) in [6, 6.07) is 109. The average Bonchev–Trinajstić information content (AvgIpc) is 1.57. The lowest BCUT2D eigenvalue weighted by molar-refractivity contribution is 0.955. The summed E-state index contributed by atoms with van der Waals surface area (Å²) in [7, 11) is 0. The monoisotopic (exact) mass is 1390 g/mol. The molecule has 0 spiro atoms. The second kappa shape index (κ2) is 26.4. The molecule has 0 saturated heterocycles. The van der Waals surface area contributed by atoms with Gasteiger partial charge < -0.3 is 4.98 Å². The van der Waals surface area contributed by atoms with Crippen molar-refractivity contribution in [2.24, 2.45) is 0 Å². The fraction of sp³-hybridized carbons (Fsp3) is 0. The van der Waals surface area contributed by atoms with Gasteiger partial charge in [-0.1, -0.05) is 255 Å². The highest BCUT2D eigenvalue weighted by Gasteiger charge is 2.24. The minimum atomic E-state index is 0.542. The van der Waals surface area contributed by atoms with E-state index in [-0.39, 0.29) is 0 Å². The highest BCUT2D eigenvalue weighted by atomic mass is 79.9. The topological polar surface area (TPSA) is 124 Å². The SMILES string of the molecule is Brc1nc(-c2ccccc2)nc(-c2ccccc2)n1.c1ccc(-c2cccc3c2sc2ccc4c5cc(-c6ccccn6)ccc5[nH]c4c23)cc1.c1ccc(-c2nc(-c3ccccc3)nc(-n3c4ccc(-c5ccccn5)cc4c4ccc5sc6c(-c7ccccc7)cccc6c5c43)n2)cc1. The van der Waals surface area contributed by atoms with E-state index < -0.39 is 0 Å². The van der Waals surface area contributed by atoms with Crippen LogP contribution in [0.5, 0.6) is 0 Å². The van der Waals surface area contributed by atoms with Gasteiger partial charge in [0, 0.05) is 113 Å². The summed E-state index contributed by atoms with van der Waals surface area (Å²) >= 11 is 7.06. The molecule has 0 bridgehead atoms. The van der Waals surface area contributed by atoms with Crippen LogP contribution in [-0.2, 0) is 0 Å². The molecule has 0 atom stereocenters. The van der Waals surface area contributed by atoms with Gasteiger partial charge in [-0.2, -0.15) is 9.97 Å². The van der Waals surface area contributed by atoms with Crippen molar-refractivity contribution in [3.8, 4) is 96.3 Å². The highest BCUT2D eigenvalue weighted by Crippen LogP contribution is 2.48. The summed E-state index contributed by atoms with van der Waals surface area (Å²) in [5.74, 6) is 3.17. The van der Waals surface area contributed by atoms with Gasteiger partial charge in [0.15, 0.2) is 23.3 Å². The molecule has 476 valence electrons. The maximum atomic E-state index is 5.22. The molecule has 8 aromatic heterocycles. The lowest BCUT2D eigenvalue weighted by Gasteiger charge is -2.11. The van der Waals surface area contributed by atoms with Crippen LogP contribution < -0.4 is 0 Å². The van der Waals surface area contributed by atoms with Crippen molar-refractivity contribution in [3.63, 3.8) is 0 Å². The zero-order chi connectivity index (χ0) is 67.2. The summed E-state index contributed by atoms with van der Waals surface area (Å²) in [5.41, 5.74) is 17.4. The van der Waals surface area contributed by atoms with Crippen LogP contribution >= 0.6 is 38.6 Å². The molecule has 0 aliphatic carbocycles. The number of hydrogen-bond donors (Lipinski definition) is 1. The van der Waals surface area contributed by atoms with Crippen LogP contribution in [0.4, 0.5) is 0 Å². The van der Waals surface area contributed by atoms with Crippen LogP contribution in [0.1, 0.15) is 0 Å². The van der Waals surface area contributed by atoms with Crippen molar-refractivity contribution in [2.75, 3.05) is 0 Å². The van der Waals surface area contributed by atoms with E-state index in [0.717, 1.165) is 72.1 Å². The summed E-state index contributed by atoms with van der Waals surface area (Å²) in [4.78, 5) is 41.5. The number of rotatable bonds is 9. The lowest BCUT2D eigenvalue weighted by atomic mass is 10.0. The first-order valence-corrected chi connectivity index (χ1v) is 35.6. The van der Waals surface area contributed by atoms with E-state index >= 15 is 0 Å². The number of aromatic nitrogens is 10. The molecule has 8 heterocycles. The Balaban J connectivity index is 0.000000122. The van der Waals surface area contributed by atoms with E-state index in [2.05, 4.69) is 245 Å². The molecule has 20 aromatic rings. The van der Waals surface area contributed by atoms with E-state index in [4.69, 9.17) is 15.0 Å². The van der Waals surface area contributed by atoms with Gasteiger partial charge in [0.2, 0.25) is 10.7 Å². The van der Waals surface area contributed by atoms with Crippen molar-refractivity contribution in [2.45, 2.75) is 0 Å². The predicted molar refractivity (Wildman–Crippen MR) is 422 cm³/mol. The summed E-state index contributed by atoms with van der Waals surface area (Å²) < 4.78 is 7.92. The molecule has 0 unspecified atom stereocenters. The van der Waals surface area contributed by atoms with Crippen LogP contribution in [0, 0.1) is 0 Å². The Morgan fingerprint density at radius 2 is 0.733 bits per heavy atom. The molecule has 0 fully saturated rings. The van der Waals surface area contributed by atoms with Crippen LogP contribution in [0.25, 0.3) is 180 Å². The van der Waals surface area contributed by atoms with Gasteiger partial charge in [0.05, 0.1) is 27.9 Å². The molecule has 13 heteroatoms. The van der Waals surface area contributed by atoms with Gasteiger partial charge in [0.25, 0.3) is 0 Å². The van der Waals surface area contributed by atoms with E-state index in [1.165, 1.54) is 78.9 Å². The van der Waals surface area contributed by atoms with Crippen LogP contribution in [0.15, 0.2) is 333 Å². The smallest absolute Gasteiger partial charge is 0.238 e. The average molecular weight is 1400 g/mol. The minimum Gasteiger partial charge on any atom is -0.354 e. The zero-order valence-corrected chi connectivity index (χ0v) is 57.1. The number of H-pyrrole nitrogens is 1. The second-order valence-corrected chi connectivity index (χ2v) is 27.2. The van der Waals surface area contributed by atoms with Crippen molar-refractivity contribution < 1.29 is 0 Å². The maximum Gasteiger partial charge on any atom is 0.238 e. The largest absolute Gasteiger partial charge is 0.354 e. The molecule has 0 aliphatic heterocycles. The first kappa shape index (κ1) is 60.9. The number of halogens is 1. The molecule has 0 amide bonds. The van der Waals surface area contributed by atoms with Gasteiger partial charge in [0.1, 0.15) is 0 Å². The Morgan fingerprint density at radius 3 is 1.22 bits per heavy atom. The number of thiophene rings is 2. The summed E-state index contributed by atoms with van der Waals surface area (Å²) in [6.45, 7) is 0. The quantitative estimate of drug-likeness (QED) is 0.152. The zero-order valence-electron chi connectivity index (χ0n) is 53.9. The molecular weight excluding hydrogens is 1340 g/mol. The van der Waals surface area contributed by atoms with Gasteiger partial charge in [-0.05, 0) is 98.8 Å². The van der Waals surface area contributed by atoms with Crippen LogP contribution in [-0.4, -0.2) is 49.4 Å². The highest BCUT2D eigenvalue weighted by molar-refractivity contribution is 9.10. The third-order valence-corrected chi connectivity index (χ3v) is 21.0. The minimum absolute atomic E-state index is 0.542. The molecular formula is C88H55BrN10S2. The van der Waals surface area contributed by atoms with Gasteiger partial charge >= 0.3 is 0 Å². The normalized spacial score (nSPS) is 11.4. The van der Waals surface area contributed by atoms with Crippen molar-refractivity contribution in [3.05, 3.63) is 333 Å². The molecule has 1 N–H and O–H groups in total. The number of nitrogens with one attached hydrogen (secondary N) is 1. The van der Waals surface area contributed by atoms with Crippen molar-refractivity contribution in [1.82, 2.24) is 49.4 Å². The van der Waals surface area contributed by atoms with Gasteiger partial charge in [-0.3, -0.25) is 14.5 Å². The lowest BCUT2D eigenvalue weighted by Crippen LogP contribution is -2.06. The Morgan fingerprint density at radius 1 is 0.307 bits per heavy atom. The van der Waals surface area contributed by atoms with Crippen molar-refractivity contribution in [1.29, 1.82) is 0 Å². The second-order valence-electron chi connectivity index (χ2n) is 24.4.